The number of carbonyl (C=O) groups is 2. The maximum atomic E-state index is 11.7. The minimum atomic E-state index is -0.450. The summed E-state index contributed by atoms with van der Waals surface area (Å²) in [6, 6.07) is 0. The van der Waals surface area contributed by atoms with Crippen LogP contribution in [-0.4, -0.2) is 30.2 Å². The molecule has 0 heterocycles. The van der Waals surface area contributed by atoms with Crippen LogP contribution in [0.5, 0.6) is 0 Å². The van der Waals surface area contributed by atoms with Crippen LogP contribution in [0.3, 0.4) is 0 Å². The van der Waals surface area contributed by atoms with Gasteiger partial charge in [-0.2, -0.15) is 0 Å². The zero-order chi connectivity index (χ0) is 14.2. The molecule has 1 atom stereocenters. The second-order valence-electron chi connectivity index (χ2n) is 5.92. The van der Waals surface area contributed by atoms with Crippen molar-refractivity contribution in [2.24, 2.45) is 11.3 Å². The summed E-state index contributed by atoms with van der Waals surface area (Å²) in [5.74, 6) is 0.621. The number of unbranched alkanes of at least 4 members (excludes halogenated alkanes) is 1. The Morgan fingerprint density at radius 2 is 1.94 bits per heavy atom. The van der Waals surface area contributed by atoms with Crippen LogP contribution in [0.2, 0.25) is 0 Å². The van der Waals surface area contributed by atoms with Crippen molar-refractivity contribution in [3.05, 3.63) is 0 Å². The Balaban J connectivity index is 4.50. The molecule has 0 aliphatic rings. The topological polar surface area (TPSA) is 37.4 Å². The van der Waals surface area contributed by atoms with Crippen molar-refractivity contribution in [1.82, 2.24) is 4.90 Å². The summed E-state index contributed by atoms with van der Waals surface area (Å²) in [4.78, 5) is 24.5. The molecular formula is C15H29NO2. The fourth-order valence-electron chi connectivity index (χ4n) is 2.06. The van der Waals surface area contributed by atoms with E-state index in [4.69, 9.17) is 0 Å². The summed E-state index contributed by atoms with van der Waals surface area (Å²) in [6.45, 7) is 11.0. The second-order valence-corrected chi connectivity index (χ2v) is 5.92. The highest BCUT2D eigenvalue weighted by Crippen LogP contribution is 2.18. The first-order valence-corrected chi connectivity index (χ1v) is 7.08. The molecule has 0 aliphatic carbocycles. The monoisotopic (exact) mass is 255 g/mol. The lowest BCUT2D eigenvalue weighted by Gasteiger charge is -2.31. The fourth-order valence-corrected chi connectivity index (χ4v) is 2.06. The summed E-state index contributed by atoms with van der Waals surface area (Å²) in [5, 5.41) is 0. The van der Waals surface area contributed by atoms with E-state index in [2.05, 4.69) is 13.8 Å². The van der Waals surface area contributed by atoms with Crippen molar-refractivity contribution in [1.29, 1.82) is 0 Å². The van der Waals surface area contributed by atoms with Crippen LogP contribution in [-0.2, 0) is 9.59 Å². The van der Waals surface area contributed by atoms with Crippen molar-refractivity contribution in [3.8, 4) is 0 Å². The van der Waals surface area contributed by atoms with E-state index >= 15 is 0 Å². The molecule has 1 amide bonds. The van der Waals surface area contributed by atoms with Crippen molar-refractivity contribution >= 4 is 12.2 Å². The number of rotatable bonds is 9. The second kappa shape index (κ2) is 8.28. The molecule has 0 spiro atoms. The lowest BCUT2D eigenvalue weighted by molar-refractivity contribution is -0.132. The van der Waals surface area contributed by atoms with Crippen molar-refractivity contribution in [2.75, 3.05) is 13.1 Å². The van der Waals surface area contributed by atoms with E-state index in [-0.39, 0.29) is 5.91 Å². The van der Waals surface area contributed by atoms with E-state index in [0.717, 1.165) is 25.7 Å². The number of hydrogen-bond acceptors (Lipinski definition) is 2. The molecule has 3 heteroatoms. The Morgan fingerprint density at radius 1 is 1.33 bits per heavy atom. The van der Waals surface area contributed by atoms with Crippen molar-refractivity contribution in [2.45, 2.75) is 60.3 Å². The molecule has 0 rings (SSSR count). The highest BCUT2D eigenvalue weighted by Gasteiger charge is 2.24. The molecule has 0 N–H and O–H groups in total. The van der Waals surface area contributed by atoms with E-state index in [1.807, 2.05) is 18.7 Å². The standard InChI is InChI=1S/C15H29NO2/c1-6-8-9-14(7-2)10-16(13(3)18)11-15(4,5)12-17/h12,14H,6-11H2,1-5H3. The third kappa shape index (κ3) is 6.77. The van der Waals surface area contributed by atoms with Gasteiger partial charge in [-0.05, 0) is 12.3 Å². The van der Waals surface area contributed by atoms with Gasteiger partial charge in [0.1, 0.15) is 6.29 Å². The SMILES string of the molecule is CCCCC(CC)CN(CC(C)(C)C=O)C(C)=O. The smallest absolute Gasteiger partial charge is 0.219 e. The van der Waals surface area contributed by atoms with Gasteiger partial charge in [0.05, 0.1) is 0 Å². The Hall–Kier alpha value is -0.860. The lowest BCUT2D eigenvalue weighted by Crippen LogP contribution is -2.41. The highest BCUT2D eigenvalue weighted by molar-refractivity contribution is 5.74. The Labute approximate surface area is 112 Å². The third-order valence-electron chi connectivity index (χ3n) is 3.38. The van der Waals surface area contributed by atoms with Gasteiger partial charge in [0.25, 0.3) is 0 Å². The Bertz CT molecular complexity index is 261. The molecule has 0 aromatic rings. The van der Waals surface area contributed by atoms with Crippen LogP contribution in [0, 0.1) is 11.3 Å². The molecule has 18 heavy (non-hydrogen) atoms. The molecule has 0 aromatic heterocycles. The van der Waals surface area contributed by atoms with Gasteiger partial charge in [-0.15, -0.1) is 0 Å². The van der Waals surface area contributed by atoms with Crippen LogP contribution >= 0.6 is 0 Å². The molecule has 3 nitrogen and oxygen atoms in total. The number of amides is 1. The third-order valence-corrected chi connectivity index (χ3v) is 3.38. The van der Waals surface area contributed by atoms with Crippen LogP contribution in [0.15, 0.2) is 0 Å². The van der Waals surface area contributed by atoms with Gasteiger partial charge in [0.15, 0.2) is 0 Å². The molecule has 0 saturated carbocycles. The zero-order valence-corrected chi connectivity index (χ0v) is 12.7. The largest absolute Gasteiger partial charge is 0.342 e. The normalized spacial score (nSPS) is 13.2. The van der Waals surface area contributed by atoms with Gasteiger partial charge in [-0.25, -0.2) is 0 Å². The Kier molecular flexibility index (Phi) is 7.88. The quantitative estimate of drug-likeness (QED) is 0.593. The number of carbonyl (C=O) groups excluding carboxylic acids is 2. The summed E-state index contributed by atoms with van der Waals surface area (Å²) in [5.41, 5.74) is -0.450. The van der Waals surface area contributed by atoms with E-state index in [9.17, 15) is 9.59 Å². The molecule has 0 aliphatic heterocycles. The number of nitrogens with zero attached hydrogens (tertiary/aromatic N) is 1. The minimum absolute atomic E-state index is 0.0693. The number of hydrogen-bond donors (Lipinski definition) is 0. The summed E-state index contributed by atoms with van der Waals surface area (Å²) in [7, 11) is 0. The lowest BCUT2D eigenvalue weighted by atomic mass is 9.93. The van der Waals surface area contributed by atoms with Crippen LogP contribution in [0.1, 0.15) is 60.3 Å². The van der Waals surface area contributed by atoms with Crippen molar-refractivity contribution in [3.63, 3.8) is 0 Å². The molecule has 0 radical (unpaired) electrons. The van der Waals surface area contributed by atoms with Gasteiger partial charge in [0.2, 0.25) is 5.91 Å². The van der Waals surface area contributed by atoms with E-state index in [1.165, 1.54) is 12.8 Å². The predicted molar refractivity (Wildman–Crippen MR) is 75.4 cm³/mol. The van der Waals surface area contributed by atoms with Gasteiger partial charge in [-0.1, -0.05) is 47.0 Å². The minimum Gasteiger partial charge on any atom is -0.342 e. The average Bonchev–Trinajstić information content (AvgIpc) is 2.32. The van der Waals surface area contributed by atoms with E-state index in [0.29, 0.717) is 12.5 Å². The molecule has 1 unspecified atom stereocenters. The van der Waals surface area contributed by atoms with Gasteiger partial charge in [-0.3, -0.25) is 4.79 Å². The molecule has 0 bridgehead atoms. The predicted octanol–water partition coefficient (Wildman–Crippen LogP) is 3.28. The zero-order valence-electron chi connectivity index (χ0n) is 12.7. The summed E-state index contributed by atoms with van der Waals surface area (Å²) in [6.07, 6.45) is 5.59. The molecule has 106 valence electrons. The van der Waals surface area contributed by atoms with Gasteiger partial charge in [0, 0.05) is 25.4 Å². The summed E-state index contributed by atoms with van der Waals surface area (Å²) >= 11 is 0. The maximum Gasteiger partial charge on any atom is 0.219 e. The van der Waals surface area contributed by atoms with Crippen LogP contribution in [0.25, 0.3) is 0 Å². The van der Waals surface area contributed by atoms with E-state index in [1.54, 1.807) is 6.92 Å². The van der Waals surface area contributed by atoms with Crippen LogP contribution < -0.4 is 0 Å². The van der Waals surface area contributed by atoms with Gasteiger partial charge < -0.3 is 9.69 Å². The maximum absolute atomic E-state index is 11.7. The average molecular weight is 255 g/mol. The molecule has 0 fully saturated rings. The molecular weight excluding hydrogens is 226 g/mol. The Morgan fingerprint density at radius 3 is 2.33 bits per heavy atom. The van der Waals surface area contributed by atoms with Crippen molar-refractivity contribution < 1.29 is 9.59 Å². The summed E-state index contributed by atoms with van der Waals surface area (Å²) < 4.78 is 0. The van der Waals surface area contributed by atoms with Crippen LogP contribution in [0.4, 0.5) is 0 Å². The fraction of sp³-hybridized carbons (Fsp3) is 0.867. The first kappa shape index (κ1) is 17.1. The highest BCUT2D eigenvalue weighted by atomic mass is 16.2. The molecule has 0 aromatic carbocycles. The van der Waals surface area contributed by atoms with E-state index < -0.39 is 5.41 Å². The number of aldehydes is 1. The van der Waals surface area contributed by atoms with Gasteiger partial charge >= 0.3 is 0 Å². The molecule has 0 saturated heterocycles. The first-order valence-electron chi connectivity index (χ1n) is 7.08. The first-order chi connectivity index (χ1) is 8.36.